The average Bonchev–Trinajstić information content (AvgIpc) is 2.41. The van der Waals surface area contributed by atoms with Crippen LogP contribution in [0.1, 0.15) is 5.56 Å². The highest BCUT2D eigenvalue weighted by Gasteiger charge is 2.09. The number of hydrazone groups is 1. The number of nitro benzene ring substituents is 1. The molecule has 0 atom stereocenters. The molecule has 96 valence electrons. The largest absolute Gasteiger partial charge is 0.278 e. The van der Waals surface area contributed by atoms with Crippen molar-refractivity contribution in [2.24, 2.45) is 5.10 Å². The van der Waals surface area contributed by atoms with Gasteiger partial charge >= 0.3 is 0 Å². The quantitative estimate of drug-likeness (QED) is 0.525. The van der Waals surface area contributed by atoms with E-state index in [1.807, 2.05) is 6.07 Å². The molecule has 6 heteroatoms. The number of nitro groups is 1. The lowest BCUT2D eigenvalue weighted by molar-refractivity contribution is -0.385. The van der Waals surface area contributed by atoms with Crippen molar-refractivity contribution >= 4 is 29.2 Å². The monoisotopic (exact) mass is 275 g/mol. The number of anilines is 1. The smallest absolute Gasteiger partial charge is 0.277 e. The third kappa shape index (κ3) is 3.29. The maximum absolute atomic E-state index is 10.8. The average molecular weight is 276 g/mol. The van der Waals surface area contributed by atoms with E-state index in [0.717, 1.165) is 0 Å². The molecule has 0 saturated carbocycles. The van der Waals surface area contributed by atoms with E-state index in [9.17, 15) is 10.1 Å². The van der Waals surface area contributed by atoms with Gasteiger partial charge in [0.1, 0.15) is 0 Å². The molecule has 2 aromatic carbocycles. The number of hydrogen-bond donors (Lipinski definition) is 1. The van der Waals surface area contributed by atoms with Gasteiger partial charge in [-0.2, -0.15) is 5.10 Å². The predicted octanol–water partition coefficient (Wildman–Crippen LogP) is 3.69. The summed E-state index contributed by atoms with van der Waals surface area (Å²) in [5, 5.41) is 15.3. The lowest BCUT2D eigenvalue weighted by Crippen LogP contribution is -1.96. The first-order valence-corrected chi connectivity index (χ1v) is 5.83. The van der Waals surface area contributed by atoms with E-state index in [2.05, 4.69) is 10.5 Å². The molecule has 0 bridgehead atoms. The van der Waals surface area contributed by atoms with Gasteiger partial charge in [-0.3, -0.25) is 15.5 Å². The number of halogens is 1. The van der Waals surface area contributed by atoms with Crippen molar-refractivity contribution in [1.29, 1.82) is 0 Å². The molecule has 2 aromatic rings. The Hall–Kier alpha value is -2.40. The predicted molar refractivity (Wildman–Crippen MR) is 75.8 cm³/mol. The molecular formula is C13H10ClN3O2. The summed E-state index contributed by atoms with van der Waals surface area (Å²) >= 11 is 5.94. The zero-order valence-electron chi connectivity index (χ0n) is 9.79. The third-order valence-corrected chi connectivity index (χ3v) is 2.73. The molecule has 19 heavy (non-hydrogen) atoms. The molecule has 0 aliphatic carbocycles. The summed E-state index contributed by atoms with van der Waals surface area (Å²) in [6.07, 6.45) is 1.39. The highest BCUT2D eigenvalue weighted by molar-refractivity contribution is 6.33. The Morgan fingerprint density at radius 1 is 1.16 bits per heavy atom. The van der Waals surface area contributed by atoms with Crippen LogP contribution in [0.4, 0.5) is 11.4 Å². The van der Waals surface area contributed by atoms with Crippen molar-refractivity contribution < 1.29 is 4.92 Å². The summed E-state index contributed by atoms with van der Waals surface area (Å²) in [5.74, 6) is 0. The maximum Gasteiger partial charge on any atom is 0.278 e. The number of benzene rings is 2. The normalized spacial score (nSPS) is 10.6. The van der Waals surface area contributed by atoms with Gasteiger partial charge in [-0.1, -0.05) is 35.9 Å². The number of nitrogens with zero attached hydrogens (tertiary/aromatic N) is 2. The van der Waals surface area contributed by atoms with Gasteiger partial charge in [0.05, 0.1) is 27.4 Å². The van der Waals surface area contributed by atoms with Gasteiger partial charge in [0, 0.05) is 6.07 Å². The molecule has 5 nitrogen and oxygen atoms in total. The Morgan fingerprint density at radius 2 is 1.84 bits per heavy atom. The molecule has 0 fully saturated rings. The molecule has 0 spiro atoms. The van der Waals surface area contributed by atoms with Crippen molar-refractivity contribution in [3.63, 3.8) is 0 Å². The van der Waals surface area contributed by atoms with Crippen LogP contribution in [0.3, 0.4) is 0 Å². The second-order valence-corrected chi connectivity index (χ2v) is 4.07. The molecule has 0 amide bonds. The summed E-state index contributed by atoms with van der Waals surface area (Å²) in [4.78, 5) is 10.4. The minimum Gasteiger partial charge on any atom is -0.277 e. The van der Waals surface area contributed by atoms with Gasteiger partial charge in [-0.15, -0.1) is 0 Å². The van der Waals surface area contributed by atoms with Crippen LogP contribution in [0.25, 0.3) is 0 Å². The second-order valence-electron chi connectivity index (χ2n) is 3.67. The summed E-state index contributed by atoms with van der Waals surface area (Å²) in [6, 6.07) is 13.5. The molecule has 0 radical (unpaired) electrons. The molecule has 0 aromatic heterocycles. The van der Waals surface area contributed by atoms with E-state index in [-0.39, 0.29) is 5.69 Å². The van der Waals surface area contributed by atoms with Crippen LogP contribution in [0.15, 0.2) is 53.6 Å². The van der Waals surface area contributed by atoms with Crippen LogP contribution in [0, 0.1) is 10.1 Å². The van der Waals surface area contributed by atoms with E-state index in [1.54, 1.807) is 36.4 Å². The van der Waals surface area contributed by atoms with E-state index in [4.69, 9.17) is 11.6 Å². The van der Waals surface area contributed by atoms with Crippen LogP contribution in [0.5, 0.6) is 0 Å². The number of nitrogens with one attached hydrogen (secondary N) is 1. The Labute approximate surface area is 114 Å². The Bertz CT molecular complexity index is 629. The van der Waals surface area contributed by atoms with Crippen molar-refractivity contribution in [3.8, 4) is 0 Å². The Morgan fingerprint density at radius 3 is 2.58 bits per heavy atom. The lowest BCUT2D eigenvalue weighted by atomic mass is 10.2. The standard InChI is InChI=1S/C13H10ClN3O2/c14-11-6-2-3-7-12(11)16-15-9-10-5-1-4-8-13(10)17(18)19/h1-9,16H/b15-9-. The summed E-state index contributed by atoms with van der Waals surface area (Å²) in [7, 11) is 0. The molecule has 1 N–H and O–H groups in total. The van der Waals surface area contributed by atoms with Crippen LogP contribution in [0.2, 0.25) is 5.02 Å². The fraction of sp³-hybridized carbons (Fsp3) is 0. The molecule has 0 heterocycles. The fourth-order valence-electron chi connectivity index (χ4n) is 1.49. The summed E-state index contributed by atoms with van der Waals surface area (Å²) < 4.78 is 0. The first-order valence-electron chi connectivity index (χ1n) is 5.45. The van der Waals surface area contributed by atoms with Gasteiger partial charge < -0.3 is 0 Å². The Kier molecular flexibility index (Phi) is 4.10. The van der Waals surface area contributed by atoms with Crippen molar-refractivity contribution in [1.82, 2.24) is 0 Å². The number of rotatable bonds is 4. The topological polar surface area (TPSA) is 67.5 Å². The summed E-state index contributed by atoms with van der Waals surface area (Å²) in [6.45, 7) is 0. The SMILES string of the molecule is O=[N+]([O-])c1ccccc1/C=N\Nc1ccccc1Cl. The molecular weight excluding hydrogens is 266 g/mol. The zero-order valence-corrected chi connectivity index (χ0v) is 10.5. The number of para-hydroxylation sites is 2. The fourth-order valence-corrected chi connectivity index (χ4v) is 1.66. The first kappa shape index (κ1) is 13.0. The van der Waals surface area contributed by atoms with Crippen molar-refractivity contribution in [3.05, 3.63) is 69.2 Å². The van der Waals surface area contributed by atoms with E-state index >= 15 is 0 Å². The van der Waals surface area contributed by atoms with Crippen LogP contribution < -0.4 is 5.43 Å². The van der Waals surface area contributed by atoms with E-state index < -0.39 is 4.92 Å². The van der Waals surface area contributed by atoms with Crippen LogP contribution in [-0.2, 0) is 0 Å². The summed E-state index contributed by atoms with van der Waals surface area (Å²) in [5.41, 5.74) is 3.81. The highest BCUT2D eigenvalue weighted by Crippen LogP contribution is 2.20. The molecule has 0 unspecified atom stereocenters. The van der Waals surface area contributed by atoms with Gasteiger partial charge in [0.15, 0.2) is 0 Å². The number of hydrogen-bond acceptors (Lipinski definition) is 4. The van der Waals surface area contributed by atoms with Crippen LogP contribution >= 0.6 is 11.6 Å². The zero-order chi connectivity index (χ0) is 13.7. The molecule has 0 aliphatic heterocycles. The molecule has 2 rings (SSSR count). The lowest BCUT2D eigenvalue weighted by Gasteiger charge is -2.02. The van der Waals surface area contributed by atoms with Gasteiger partial charge in [-0.25, -0.2) is 0 Å². The minimum atomic E-state index is -0.448. The minimum absolute atomic E-state index is 0.00667. The molecule has 0 saturated heterocycles. The van der Waals surface area contributed by atoms with Crippen LogP contribution in [-0.4, -0.2) is 11.1 Å². The second kappa shape index (κ2) is 5.97. The van der Waals surface area contributed by atoms with Crippen molar-refractivity contribution in [2.45, 2.75) is 0 Å². The maximum atomic E-state index is 10.8. The van der Waals surface area contributed by atoms with Gasteiger partial charge in [-0.05, 0) is 18.2 Å². The van der Waals surface area contributed by atoms with Gasteiger partial charge in [0.2, 0.25) is 0 Å². The third-order valence-electron chi connectivity index (χ3n) is 2.40. The van der Waals surface area contributed by atoms with Gasteiger partial charge in [0.25, 0.3) is 5.69 Å². The van der Waals surface area contributed by atoms with E-state index in [0.29, 0.717) is 16.3 Å². The highest BCUT2D eigenvalue weighted by atomic mass is 35.5. The van der Waals surface area contributed by atoms with E-state index in [1.165, 1.54) is 12.3 Å². The van der Waals surface area contributed by atoms with Crippen molar-refractivity contribution in [2.75, 3.05) is 5.43 Å². The Balaban J connectivity index is 2.16. The molecule has 0 aliphatic rings. The first-order chi connectivity index (χ1) is 9.18.